The first-order valence-corrected chi connectivity index (χ1v) is 6.16. The predicted molar refractivity (Wildman–Crippen MR) is 66.4 cm³/mol. The maximum absolute atomic E-state index is 11.9. The van der Waals surface area contributed by atoms with Gasteiger partial charge in [0.2, 0.25) is 5.91 Å². The minimum Gasteiger partial charge on any atom is -0.350 e. The minimum absolute atomic E-state index is 0.119. The molecule has 17 heavy (non-hydrogen) atoms. The Balaban J connectivity index is 1.83. The van der Waals surface area contributed by atoms with Gasteiger partial charge in [0, 0.05) is 12.2 Å². The number of amides is 1. The Morgan fingerprint density at radius 3 is 3.18 bits per heavy atom. The van der Waals surface area contributed by atoms with Gasteiger partial charge in [0.05, 0.1) is 18.2 Å². The van der Waals surface area contributed by atoms with Crippen molar-refractivity contribution in [3.05, 3.63) is 29.6 Å². The second-order valence-corrected chi connectivity index (χ2v) is 4.53. The first-order valence-electron chi connectivity index (χ1n) is 6.16. The first kappa shape index (κ1) is 12.0. The standard InChI is InChI=1S/C13H19N3O/c1-10-4-2-6-12(16-10)9-15-13(17)11-5-3-7-14-8-11/h2,4,6,11,14H,3,5,7-9H2,1H3,(H,15,17)/t11-/m0/s1. The third kappa shape index (κ3) is 3.53. The molecule has 1 aliphatic rings. The summed E-state index contributed by atoms with van der Waals surface area (Å²) in [4.78, 5) is 16.2. The van der Waals surface area contributed by atoms with Gasteiger partial charge in [-0.05, 0) is 38.4 Å². The van der Waals surface area contributed by atoms with E-state index in [0.29, 0.717) is 6.54 Å². The molecule has 1 fully saturated rings. The maximum atomic E-state index is 11.9. The number of rotatable bonds is 3. The third-order valence-electron chi connectivity index (χ3n) is 3.06. The highest BCUT2D eigenvalue weighted by Gasteiger charge is 2.20. The summed E-state index contributed by atoms with van der Waals surface area (Å²) in [5, 5.41) is 6.20. The van der Waals surface area contributed by atoms with E-state index in [9.17, 15) is 4.79 Å². The summed E-state index contributed by atoms with van der Waals surface area (Å²) in [6.45, 7) is 4.31. The van der Waals surface area contributed by atoms with Crippen molar-refractivity contribution in [1.29, 1.82) is 0 Å². The largest absolute Gasteiger partial charge is 0.350 e. The molecule has 0 bridgehead atoms. The van der Waals surface area contributed by atoms with Crippen molar-refractivity contribution in [2.45, 2.75) is 26.3 Å². The van der Waals surface area contributed by atoms with Crippen molar-refractivity contribution in [2.75, 3.05) is 13.1 Å². The molecule has 1 atom stereocenters. The fourth-order valence-electron chi connectivity index (χ4n) is 2.10. The van der Waals surface area contributed by atoms with Crippen LogP contribution in [0.15, 0.2) is 18.2 Å². The molecular weight excluding hydrogens is 214 g/mol. The predicted octanol–water partition coefficient (Wildman–Crippen LogP) is 1.01. The van der Waals surface area contributed by atoms with Gasteiger partial charge in [0.25, 0.3) is 0 Å². The van der Waals surface area contributed by atoms with Crippen LogP contribution in [0.4, 0.5) is 0 Å². The van der Waals surface area contributed by atoms with Gasteiger partial charge >= 0.3 is 0 Å². The Labute approximate surface area is 102 Å². The Hall–Kier alpha value is -1.42. The Kier molecular flexibility index (Phi) is 4.09. The van der Waals surface area contributed by atoms with Crippen LogP contribution >= 0.6 is 0 Å². The number of pyridine rings is 1. The molecule has 1 aromatic rings. The number of aryl methyl sites for hydroxylation is 1. The third-order valence-corrected chi connectivity index (χ3v) is 3.06. The lowest BCUT2D eigenvalue weighted by Gasteiger charge is -2.21. The first-order chi connectivity index (χ1) is 8.25. The average Bonchev–Trinajstić information content (AvgIpc) is 2.37. The highest BCUT2D eigenvalue weighted by Crippen LogP contribution is 2.09. The molecular formula is C13H19N3O. The van der Waals surface area contributed by atoms with E-state index in [2.05, 4.69) is 15.6 Å². The number of aromatic nitrogens is 1. The van der Waals surface area contributed by atoms with E-state index >= 15 is 0 Å². The molecule has 0 radical (unpaired) electrons. The number of carbonyl (C=O) groups is 1. The summed E-state index contributed by atoms with van der Waals surface area (Å²) >= 11 is 0. The fourth-order valence-corrected chi connectivity index (χ4v) is 2.10. The average molecular weight is 233 g/mol. The van der Waals surface area contributed by atoms with Crippen molar-refractivity contribution in [3.8, 4) is 0 Å². The number of nitrogens with one attached hydrogen (secondary N) is 2. The molecule has 1 aliphatic heterocycles. The number of carbonyl (C=O) groups excluding carboxylic acids is 1. The summed E-state index contributed by atoms with van der Waals surface area (Å²) in [5.74, 6) is 0.258. The summed E-state index contributed by atoms with van der Waals surface area (Å²) in [6.07, 6.45) is 2.07. The van der Waals surface area contributed by atoms with Gasteiger partial charge in [0.15, 0.2) is 0 Å². The van der Waals surface area contributed by atoms with Gasteiger partial charge in [-0.15, -0.1) is 0 Å². The van der Waals surface area contributed by atoms with Gasteiger partial charge in [-0.2, -0.15) is 0 Å². The van der Waals surface area contributed by atoms with E-state index in [1.165, 1.54) is 0 Å². The summed E-state index contributed by atoms with van der Waals surface area (Å²) in [5.41, 5.74) is 1.90. The summed E-state index contributed by atoms with van der Waals surface area (Å²) in [6, 6.07) is 5.86. The molecule has 2 heterocycles. The van der Waals surface area contributed by atoms with Crippen LogP contribution in [0.2, 0.25) is 0 Å². The van der Waals surface area contributed by atoms with Gasteiger partial charge < -0.3 is 10.6 Å². The van der Waals surface area contributed by atoms with E-state index in [1.807, 2.05) is 25.1 Å². The lowest BCUT2D eigenvalue weighted by atomic mass is 9.99. The molecule has 1 saturated heterocycles. The smallest absolute Gasteiger partial charge is 0.224 e. The molecule has 1 aromatic heterocycles. The van der Waals surface area contributed by atoms with Crippen LogP contribution < -0.4 is 10.6 Å². The molecule has 92 valence electrons. The molecule has 1 amide bonds. The summed E-state index contributed by atoms with van der Waals surface area (Å²) < 4.78 is 0. The van der Waals surface area contributed by atoms with Crippen molar-refractivity contribution < 1.29 is 4.79 Å². The zero-order valence-corrected chi connectivity index (χ0v) is 10.2. The fraction of sp³-hybridized carbons (Fsp3) is 0.538. The number of hydrogen-bond donors (Lipinski definition) is 2. The molecule has 0 unspecified atom stereocenters. The molecule has 0 aliphatic carbocycles. The van der Waals surface area contributed by atoms with E-state index in [0.717, 1.165) is 37.3 Å². The number of piperidine rings is 1. The van der Waals surface area contributed by atoms with Crippen LogP contribution in [0.5, 0.6) is 0 Å². The van der Waals surface area contributed by atoms with Gasteiger partial charge in [-0.25, -0.2) is 0 Å². The van der Waals surface area contributed by atoms with Crippen LogP contribution in [0.25, 0.3) is 0 Å². The zero-order valence-electron chi connectivity index (χ0n) is 10.2. The van der Waals surface area contributed by atoms with Crippen molar-refractivity contribution in [2.24, 2.45) is 5.92 Å². The molecule has 0 saturated carbocycles. The van der Waals surface area contributed by atoms with Gasteiger partial charge in [-0.1, -0.05) is 6.07 Å². The number of hydrogen-bond acceptors (Lipinski definition) is 3. The van der Waals surface area contributed by atoms with Crippen molar-refractivity contribution in [3.63, 3.8) is 0 Å². The van der Waals surface area contributed by atoms with Crippen LogP contribution in [0, 0.1) is 12.8 Å². The SMILES string of the molecule is Cc1cccc(CNC(=O)[C@H]2CCCNC2)n1. The van der Waals surface area contributed by atoms with Crippen LogP contribution in [0.3, 0.4) is 0 Å². The molecule has 2 N–H and O–H groups in total. The van der Waals surface area contributed by atoms with Gasteiger partial charge in [-0.3, -0.25) is 9.78 Å². The topological polar surface area (TPSA) is 54.0 Å². The maximum Gasteiger partial charge on any atom is 0.224 e. The normalized spacial score (nSPS) is 19.9. The Morgan fingerprint density at radius 2 is 2.47 bits per heavy atom. The quantitative estimate of drug-likeness (QED) is 0.819. The van der Waals surface area contributed by atoms with E-state index in [4.69, 9.17) is 0 Å². The number of nitrogens with zero attached hydrogens (tertiary/aromatic N) is 1. The van der Waals surface area contributed by atoms with Crippen LogP contribution in [-0.2, 0) is 11.3 Å². The summed E-state index contributed by atoms with van der Waals surface area (Å²) in [7, 11) is 0. The lowest BCUT2D eigenvalue weighted by molar-refractivity contribution is -0.125. The second-order valence-electron chi connectivity index (χ2n) is 4.53. The highest BCUT2D eigenvalue weighted by molar-refractivity contribution is 5.78. The van der Waals surface area contributed by atoms with Crippen LogP contribution in [-0.4, -0.2) is 24.0 Å². The highest BCUT2D eigenvalue weighted by atomic mass is 16.1. The Bertz CT molecular complexity index is 386. The molecule has 4 nitrogen and oxygen atoms in total. The molecule has 4 heteroatoms. The van der Waals surface area contributed by atoms with Crippen LogP contribution in [0.1, 0.15) is 24.2 Å². The lowest BCUT2D eigenvalue weighted by Crippen LogP contribution is -2.40. The minimum atomic E-state index is 0.119. The van der Waals surface area contributed by atoms with Crippen molar-refractivity contribution in [1.82, 2.24) is 15.6 Å². The van der Waals surface area contributed by atoms with E-state index in [1.54, 1.807) is 0 Å². The Morgan fingerprint density at radius 1 is 1.59 bits per heavy atom. The van der Waals surface area contributed by atoms with E-state index in [-0.39, 0.29) is 11.8 Å². The molecule has 0 aromatic carbocycles. The zero-order chi connectivity index (χ0) is 12.1. The molecule has 0 spiro atoms. The second kappa shape index (κ2) is 5.77. The molecule has 2 rings (SSSR count). The monoisotopic (exact) mass is 233 g/mol. The van der Waals surface area contributed by atoms with E-state index < -0.39 is 0 Å². The van der Waals surface area contributed by atoms with Crippen molar-refractivity contribution >= 4 is 5.91 Å². The van der Waals surface area contributed by atoms with Gasteiger partial charge in [0.1, 0.15) is 0 Å².